The lowest BCUT2D eigenvalue weighted by molar-refractivity contribution is -0.145. The first-order valence-electron chi connectivity index (χ1n) is 14.8. The van der Waals surface area contributed by atoms with Crippen LogP contribution in [0.15, 0.2) is 54.6 Å². The summed E-state index contributed by atoms with van der Waals surface area (Å²) in [5.74, 6) is -1.49. The molecule has 2 aliphatic heterocycles. The average Bonchev–Trinajstić information content (AvgIpc) is 2.95. The van der Waals surface area contributed by atoms with E-state index in [-0.39, 0.29) is 24.3 Å². The third kappa shape index (κ3) is 6.94. The third-order valence-corrected chi connectivity index (χ3v) is 8.16. The molecule has 2 aliphatic rings. The minimum absolute atomic E-state index is 0.0899. The Morgan fingerprint density at radius 3 is 2.14 bits per heavy atom. The van der Waals surface area contributed by atoms with E-state index in [4.69, 9.17) is 4.74 Å². The number of ether oxygens (including phenoxy) is 1. The van der Waals surface area contributed by atoms with E-state index < -0.39 is 35.2 Å². The van der Waals surface area contributed by atoms with Gasteiger partial charge in [0.25, 0.3) is 0 Å². The number of likely N-dealkylation sites (tertiary alicyclic amines) is 1. The zero-order valence-corrected chi connectivity index (χ0v) is 25.3. The molecular weight excluding hydrogens is 534 g/mol. The van der Waals surface area contributed by atoms with E-state index in [1.165, 1.54) is 4.90 Å². The van der Waals surface area contributed by atoms with Gasteiger partial charge in [-0.05, 0) is 62.6 Å². The highest BCUT2D eigenvalue weighted by molar-refractivity contribution is 5.92. The van der Waals surface area contributed by atoms with Gasteiger partial charge >= 0.3 is 12.1 Å². The van der Waals surface area contributed by atoms with E-state index in [0.29, 0.717) is 38.8 Å². The summed E-state index contributed by atoms with van der Waals surface area (Å²) in [6, 6.07) is 15.4. The number of hydrogen-bond donors (Lipinski definition) is 2. The van der Waals surface area contributed by atoms with Crippen LogP contribution in [0.3, 0.4) is 0 Å². The molecule has 0 aromatic heterocycles. The first-order chi connectivity index (χ1) is 19.8. The number of carbonyl (C=O) groups excluding carboxylic acids is 3. The summed E-state index contributed by atoms with van der Waals surface area (Å²) in [6.07, 6.45) is 0.830. The summed E-state index contributed by atoms with van der Waals surface area (Å²) in [4.78, 5) is 56.4. The van der Waals surface area contributed by atoms with Crippen LogP contribution >= 0.6 is 0 Å². The van der Waals surface area contributed by atoms with E-state index in [0.717, 1.165) is 16.7 Å². The number of amides is 3. The van der Waals surface area contributed by atoms with Gasteiger partial charge in [0, 0.05) is 19.5 Å². The molecule has 1 fully saturated rings. The molecule has 9 heteroatoms. The number of carboxylic acids is 1. The van der Waals surface area contributed by atoms with Crippen molar-refractivity contribution in [1.82, 2.24) is 15.1 Å². The van der Waals surface area contributed by atoms with Gasteiger partial charge in [-0.2, -0.15) is 0 Å². The van der Waals surface area contributed by atoms with Gasteiger partial charge in [-0.1, -0.05) is 68.4 Å². The largest absolute Gasteiger partial charge is 0.480 e. The van der Waals surface area contributed by atoms with E-state index in [9.17, 15) is 24.3 Å². The van der Waals surface area contributed by atoms with Crippen LogP contribution in [0, 0.1) is 5.92 Å². The molecule has 2 aromatic carbocycles. The maximum absolute atomic E-state index is 14.0. The zero-order valence-electron chi connectivity index (χ0n) is 25.3. The summed E-state index contributed by atoms with van der Waals surface area (Å²) >= 11 is 0. The molecule has 3 amide bonds. The van der Waals surface area contributed by atoms with Gasteiger partial charge < -0.3 is 20.1 Å². The second-order valence-corrected chi connectivity index (χ2v) is 12.9. The van der Waals surface area contributed by atoms with Gasteiger partial charge in [0.05, 0.1) is 12.0 Å². The van der Waals surface area contributed by atoms with Crippen molar-refractivity contribution < 1.29 is 29.0 Å². The summed E-state index contributed by atoms with van der Waals surface area (Å²) in [6.45, 7) is 10.1. The smallest absolute Gasteiger partial charge is 0.411 e. The van der Waals surface area contributed by atoms with Gasteiger partial charge in [0.1, 0.15) is 17.7 Å². The molecule has 42 heavy (non-hydrogen) atoms. The standard InChI is InChI=1S/C33H43N3O6/c1-22(2)19-26(29(38)39)34-30(40)33(25-13-7-6-8-14-25)15-17-35(18-16-33)28(37)27-20-23-11-9-10-12-24(23)21-36(27)31(41)42-32(3,4)5/h6-14,22,26-27H,15-21H2,1-5H3,(H,34,40)(H,38,39)/t26-,27-/m0/s1. The fourth-order valence-corrected chi connectivity index (χ4v) is 5.97. The van der Waals surface area contributed by atoms with E-state index in [1.807, 2.05) is 68.4 Å². The highest BCUT2D eigenvalue weighted by Gasteiger charge is 2.47. The van der Waals surface area contributed by atoms with Crippen LogP contribution in [0.1, 0.15) is 70.6 Å². The first kappa shape index (κ1) is 31.1. The predicted octanol–water partition coefficient (Wildman–Crippen LogP) is 4.52. The minimum atomic E-state index is -1.06. The number of carboxylic acid groups (broad SMARTS) is 1. The Balaban J connectivity index is 1.57. The molecule has 1 saturated heterocycles. The molecule has 9 nitrogen and oxygen atoms in total. The number of hydrogen-bond acceptors (Lipinski definition) is 5. The molecule has 0 aliphatic carbocycles. The lowest BCUT2D eigenvalue weighted by atomic mass is 9.71. The number of fused-ring (bicyclic) bond motifs is 1. The highest BCUT2D eigenvalue weighted by atomic mass is 16.6. The quantitative estimate of drug-likeness (QED) is 0.500. The SMILES string of the molecule is CC(C)C[C@H](NC(=O)C1(c2ccccc2)CCN(C(=O)[C@@H]2Cc3ccccc3CN2C(=O)OC(C)(C)C)CC1)C(=O)O. The number of piperidine rings is 1. The Kier molecular flexibility index (Phi) is 9.28. The van der Waals surface area contributed by atoms with Gasteiger partial charge in [-0.15, -0.1) is 0 Å². The Labute approximate surface area is 248 Å². The van der Waals surface area contributed by atoms with Crippen molar-refractivity contribution >= 4 is 23.9 Å². The second kappa shape index (κ2) is 12.5. The van der Waals surface area contributed by atoms with Gasteiger partial charge in [0.2, 0.25) is 11.8 Å². The molecule has 2 N–H and O–H groups in total. The Morgan fingerprint density at radius 1 is 0.976 bits per heavy atom. The van der Waals surface area contributed by atoms with Crippen LogP contribution in [0.4, 0.5) is 4.79 Å². The van der Waals surface area contributed by atoms with Gasteiger partial charge in [-0.3, -0.25) is 14.5 Å². The highest BCUT2D eigenvalue weighted by Crippen LogP contribution is 2.37. The molecule has 0 saturated carbocycles. The van der Waals surface area contributed by atoms with Gasteiger partial charge in [-0.25, -0.2) is 9.59 Å². The van der Waals surface area contributed by atoms with Crippen LogP contribution in [-0.2, 0) is 37.5 Å². The van der Waals surface area contributed by atoms with Crippen molar-refractivity contribution in [2.75, 3.05) is 13.1 Å². The van der Waals surface area contributed by atoms with Crippen LogP contribution in [0.25, 0.3) is 0 Å². The molecule has 226 valence electrons. The molecule has 0 bridgehead atoms. The number of nitrogens with zero attached hydrogens (tertiary/aromatic N) is 2. The molecule has 4 rings (SSSR count). The summed E-state index contributed by atoms with van der Waals surface area (Å²) in [5, 5.41) is 12.6. The predicted molar refractivity (Wildman–Crippen MR) is 159 cm³/mol. The van der Waals surface area contributed by atoms with Crippen molar-refractivity contribution in [2.45, 2.75) is 89.9 Å². The van der Waals surface area contributed by atoms with Crippen molar-refractivity contribution in [1.29, 1.82) is 0 Å². The molecule has 0 spiro atoms. The number of rotatable bonds is 7. The average molecular weight is 578 g/mol. The Bertz CT molecular complexity index is 1290. The lowest BCUT2D eigenvalue weighted by Crippen LogP contribution is -2.59. The fraction of sp³-hybridized carbons (Fsp3) is 0.515. The maximum Gasteiger partial charge on any atom is 0.411 e. The fourth-order valence-electron chi connectivity index (χ4n) is 5.97. The number of benzene rings is 2. The third-order valence-electron chi connectivity index (χ3n) is 8.16. The van der Waals surface area contributed by atoms with Crippen molar-refractivity contribution in [2.24, 2.45) is 5.92 Å². The number of nitrogens with one attached hydrogen (secondary N) is 1. The Morgan fingerprint density at radius 2 is 1.57 bits per heavy atom. The molecule has 2 aromatic rings. The van der Waals surface area contributed by atoms with Crippen LogP contribution in [0.2, 0.25) is 0 Å². The van der Waals surface area contributed by atoms with Crippen LogP contribution < -0.4 is 5.32 Å². The topological polar surface area (TPSA) is 116 Å². The second-order valence-electron chi connectivity index (χ2n) is 12.9. The normalized spacial score (nSPS) is 19.0. The van der Waals surface area contributed by atoms with Crippen LogP contribution in [-0.4, -0.2) is 69.6 Å². The van der Waals surface area contributed by atoms with E-state index >= 15 is 0 Å². The molecule has 2 heterocycles. The summed E-state index contributed by atoms with van der Waals surface area (Å²) < 4.78 is 5.68. The summed E-state index contributed by atoms with van der Waals surface area (Å²) in [5.41, 5.74) is 1.12. The monoisotopic (exact) mass is 577 g/mol. The molecular formula is C33H43N3O6. The minimum Gasteiger partial charge on any atom is -0.480 e. The van der Waals surface area contributed by atoms with Crippen molar-refractivity contribution in [3.63, 3.8) is 0 Å². The first-order valence-corrected chi connectivity index (χ1v) is 14.8. The number of aliphatic carboxylic acids is 1. The zero-order chi connectivity index (χ0) is 30.7. The van der Waals surface area contributed by atoms with Crippen molar-refractivity contribution in [3.05, 3.63) is 71.3 Å². The van der Waals surface area contributed by atoms with Crippen molar-refractivity contribution in [3.8, 4) is 0 Å². The Hall–Kier alpha value is -3.88. The van der Waals surface area contributed by atoms with Gasteiger partial charge in [0.15, 0.2) is 0 Å². The lowest BCUT2D eigenvalue weighted by Gasteiger charge is -2.44. The maximum atomic E-state index is 14.0. The van der Waals surface area contributed by atoms with E-state index in [1.54, 1.807) is 25.7 Å². The molecule has 0 unspecified atom stereocenters. The number of carbonyl (C=O) groups is 4. The molecule has 2 atom stereocenters. The molecule has 0 radical (unpaired) electrons. The van der Waals surface area contributed by atoms with Crippen LogP contribution in [0.5, 0.6) is 0 Å². The van der Waals surface area contributed by atoms with E-state index in [2.05, 4.69) is 5.32 Å². The summed E-state index contributed by atoms with van der Waals surface area (Å²) in [7, 11) is 0.